The highest BCUT2D eigenvalue weighted by Gasteiger charge is 2.10. The molecule has 2 aromatic heterocycles. The Bertz CT molecular complexity index is 1160. The van der Waals surface area contributed by atoms with E-state index in [0.717, 1.165) is 32.7 Å². The first-order valence-corrected chi connectivity index (χ1v) is 9.11. The van der Waals surface area contributed by atoms with Crippen molar-refractivity contribution in [3.8, 4) is 0 Å². The van der Waals surface area contributed by atoms with E-state index >= 15 is 0 Å². The van der Waals surface area contributed by atoms with Gasteiger partial charge in [0.05, 0.1) is 11.0 Å². The van der Waals surface area contributed by atoms with E-state index in [1.807, 2.05) is 19.1 Å². The van der Waals surface area contributed by atoms with E-state index in [2.05, 4.69) is 42.0 Å². The van der Waals surface area contributed by atoms with E-state index < -0.39 is 0 Å². The standard InChI is InChI=1S/C20H18N2O2S/c1-11-4-5-16-17(6-11)22-20(21-16)25-10-14-9-19(23)24-18-8-13(3)12(2)7-15(14)18/h4-9H,10H2,1-3H3,(H,21,22). The summed E-state index contributed by atoms with van der Waals surface area (Å²) in [5.74, 6) is 0.656. The molecule has 4 rings (SSSR count). The van der Waals surface area contributed by atoms with Crippen LogP contribution in [0, 0.1) is 20.8 Å². The molecule has 0 saturated carbocycles. The van der Waals surface area contributed by atoms with Gasteiger partial charge in [-0.25, -0.2) is 9.78 Å². The first-order chi connectivity index (χ1) is 12.0. The third kappa shape index (κ3) is 3.07. The number of imidazole rings is 1. The van der Waals surface area contributed by atoms with Crippen LogP contribution in [0.4, 0.5) is 0 Å². The Balaban J connectivity index is 1.69. The summed E-state index contributed by atoms with van der Waals surface area (Å²) in [6.07, 6.45) is 0. The number of aromatic amines is 1. The number of H-pyrrole nitrogens is 1. The predicted molar refractivity (Wildman–Crippen MR) is 102 cm³/mol. The van der Waals surface area contributed by atoms with Crippen LogP contribution in [-0.2, 0) is 5.75 Å². The number of nitrogens with one attached hydrogen (secondary N) is 1. The molecule has 0 aliphatic rings. The second kappa shape index (κ2) is 6.08. The van der Waals surface area contributed by atoms with Crippen molar-refractivity contribution in [2.75, 3.05) is 0 Å². The van der Waals surface area contributed by atoms with Crippen LogP contribution in [-0.4, -0.2) is 9.97 Å². The number of rotatable bonds is 3. The molecule has 2 heterocycles. The summed E-state index contributed by atoms with van der Waals surface area (Å²) in [6, 6.07) is 11.8. The minimum absolute atomic E-state index is 0.313. The number of benzene rings is 2. The Morgan fingerprint density at radius 2 is 1.88 bits per heavy atom. The van der Waals surface area contributed by atoms with Crippen LogP contribution in [0.2, 0.25) is 0 Å². The maximum Gasteiger partial charge on any atom is 0.336 e. The number of aromatic nitrogens is 2. The summed E-state index contributed by atoms with van der Waals surface area (Å²) in [5, 5.41) is 1.84. The fourth-order valence-corrected chi connectivity index (χ4v) is 3.79. The van der Waals surface area contributed by atoms with Gasteiger partial charge in [-0.3, -0.25) is 0 Å². The SMILES string of the molecule is Cc1ccc2nc(SCc3cc(=O)oc4cc(C)c(C)cc34)[nH]c2c1. The number of fused-ring (bicyclic) bond motifs is 2. The van der Waals surface area contributed by atoms with Gasteiger partial charge >= 0.3 is 5.63 Å². The predicted octanol–water partition coefficient (Wildman–Crippen LogP) is 4.89. The number of thioether (sulfide) groups is 1. The maximum atomic E-state index is 11.9. The lowest BCUT2D eigenvalue weighted by molar-refractivity contribution is 0.559. The molecule has 0 atom stereocenters. The summed E-state index contributed by atoms with van der Waals surface area (Å²) in [7, 11) is 0. The second-order valence-corrected chi connectivity index (χ2v) is 7.34. The Hall–Kier alpha value is -2.53. The molecule has 1 N–H and O–H groups in total. The number of nitrogens with zero attached hydrogens (tertiary/aromatic N) is 1. The van der Waals surface area contributed by atoms with Gasteiger partial charge in [0.1, 0.15) is 5.58 Å². The zero-order chi connectivity index (χ0) is 17.6. The van der Waals surface area contributed by atoms with Crippen LogP contribution in [0.3, 0.4) is 0 Å². The molecule has 4 aromatic rings. The van der Waals surface area contributed by atoms with Gasteiger partial charge in [-0.05, 0) is 67.3 Å². The van der Waals surface area contributed by atoms with Crippen LogP contribution >= 0.6 is 11.8 Å². The quantitative estimate of drug-likeness (QED) is 0.422. The number of hydrogen-bond donors (Lipinski definition) is 1. The fourth-order valence-electron chi connectivity index (χ4n) is 2.92. The van der Waals surface area contributed by atoms with Crippen LogP contribution in [0.15, 0.2) is 50.8 Å². The summed E-state index contributed by atoms with van der Waals surface area (Å²) in [4.78, 5) is 19.8. The first-order valence-electron chi connectivity index (χ1n) is 8.13. The van der Waals surface area contributed by atoms with Crippen molar-refractivity contribution in [3.63, 3.8) is 0 Å². The highest BCUT2D eigenvalue weighted by atomic mass is 32.2. The largest absolute Gasteiger partial charge is 0.423 e. The highest BCUT2D eigenvalue weighted by Crippen LogP contribution is 2.28. The average molecular weight is 350 g/mol. The molecule has 25 heavy (non-hydrogen) atoms. The van der Waals surface area contributed by atoms with Gasteiger partial charge in [0.2, 0.25) is 0 Å². The van der Waals surface area contributed by atoms with Crippen molar-refractivity contribution in [1.82, 2.24) is 9.97 Å². The lowest BCUT2D eigenvalue weighted by Crippen LogP contribution is -2.00. The molecule has 0 aliphatic carbocycles. The average Bonchev–Trinajstić information content (AvgIpc) is 2.96. The van der Waals surface area contributed by atoms with Gasteiger partial charge in [-0.2, -0.15) is 0 Å². The van der Waals surface area contributed by atoms with E-state index in [1.54, 1.807) is 17.8 Å². The minimum atomic E-state index is -0.313. The lowest BCUT2D eigenvalue weighted by Gasteiger charge is -2.07. The van der Waals surface area contributed by atoms with Gasteiger partial charge in [-0.1, -0.05) is 17.8 Å². The smallest absolute Gasteiger partial charge is 0.336 e. The Labute approximate surface area is 149 Å². The molecule has 0 saturated heterocycles. The summed E-state index contributed by atoms with van der Waals surface area (Å²) >= 11 is 1.59. The Morgan fingerprint density at radius 3 is 2.72 bits per heavy atom. The molecule has 2 aromatic carbocycles. The van der Waals surface area contributed by atoms with Crippen molar-refractivity contribution in [2.45, 2.75) is 31.7 Å². The molecule has 5 heteroatoms. The molecule has 126 valence electrons. The van der Waals surface area contributed by atoms with E-state index in [9.17, 15) is 4.79 Å². The molecule has 0 amide bonds. The third-order valence-corrected chi connectivity index (χ3v) is 5.35. The number of hydrogen-bond acceptors (Lipinski definition) is 4. The van der Waals surface area contributed by atoms with Crippen molar-refractivity contribution in [2.24, 2.45) is 0 Å². The molecule has 0 aliphatic heterocycles. The summed E-state index contributed by atoms with van der Waals surface area (Å²) in [6.45, 7) is 6.15. The number of aryl methyl sites for hydroxylation is 3. The molecule has 0 bridgehead atoms. The van der Waals surface area contributed by atoms with Crippen molar-refractivity contribution in [1.29, 1.82) is 0 Å². The lowest BCUT2D eigenvalue weighted by atomic mass is 10.0. The van der Waals surface area contributed by atoms with Crippen molar-refractivity contribution in [3.05, 3.63) is 69.1 Å². The zero-order valence-corrected chi connectivity index (χ0v) is 15.2. The second-order valence-electron chi connectivity index (χ2n) is 6.37. The van der Waals surface area contributed by atoms with Crippen LogP contribution in [0.25, 0.3) is 22.0 Å². The van der Waals surface area contributed by atoms with E-state index in [1.165, 1.54) is 11.1 Å². The molecule has 0 radical (unpaired) electrons. The topological polar surface area (TPSA) is 58.9 Å². The van der Waals surface area contributed by atoms with Crippen molar-refractivity contribution < 1.29 is 4.42 Å². The third-order valence-electron chi connectivity index (χ3n) is 4.42. The van der Waals surface area contributed by atoms with Gasteiger partial charge in [0, 0.05) is 17.2 Å². The molecule has 0 spiro atoms. The van der Waals surface area contributed by atoms with Crippen LogP contribution < -0.4 is 5.63 Å². The molecular weight excluding hydrogens is 332 g/mol. The maximum absolute atomic E-state index is 11.9. The monoisotopic (exact) mass is 350 g/mol. The van der Waals surface area contributed by atoms with Crippen LogP contribution in [0.5, 0.6) is 0 Å². The van der Waals surface area contributed by atoms with Crippen LogP contribution in [0.1, 0.15) is 22.3 Å². The minimum Gasteiger partial charge on any atom is -0.423 e. The summed E-state index contributed by atoms with van der Waals surface area (Å²) < 4.78 is 5.36. The van der Waals surface area contributed by atoms with Crippen molar-refractivity contribution >= 4 is 33.8 Å². The molecule has 0 fully saturated rings. The fraction of sp³-hybridized carbons (Fsp3) is 0.200. The summed E-state index contributed by atoms with van der Waals surface area (Å²) in [5.41, 5.74) is 6.79. The first kappa shape index (κ1) is 16.0. The normalized spacial score (nSPS) is 11.5. The van der Waals surface area contributed by atoms with Gasteiger partial charge < -0.3 is 9.40 Å². The van der Waals surface area contributed by atoms with E-state index in [4.69, 9.17) is 4.42 Å². The zero-order valence-electron chi connectivity index (χ0n) is 14.3. The highest BCUT2D eigenvalue weighted by molar-refractivity contribution is 7.98. The Kier molecular flexibility index (Phi) is 3.88. The molecule has 4 nitrogen and oxygen atoms in total. The molecular formula is C20H18N2O2S. The van der Waals surface area contributed by atoms with E-state index in [-0.39, 0.29) is 5.63 Å². The van der Waals surface area contributed by atoms with Gasteiger partial charge in [-0.15, -0.1) is 0 Å². The molecule has 0 unspecified atom stereocenters. The Morgan fingerprint density at radius 1 is 1.08 bits per heavy atom. The van der Waals surface area contributed by atoms with Gasteiger partial charge in [0.15, 0.2) is 5.16 Å². The van der Waals surface area contributed by atoms with E-state index in [0.29, 0.717) is 11.3 Å². The van der Waals surface area contributed by atoms with Gasteiger partial charge in [0.25, 0.3) is 0 Å².